The third kappa shape index (κ3) is 5.94. The Hall–Kier alpha value is -2.51. The Bertz CT molecular complexity index is 1030. The molecule has 180 valence electrons. The van der Waals surface area contributed by atoms with Crippen molar-refractivity contribution in [2.24, 2.45) is 5.41 Å². The molecule has 1 spiro atoms. The van der Waals surface area contributed by atoms with Crippen LogP contribution in [0.3, 0.4) is 0 Å². The van der Waals surface area contributed by atoms with Crippen LogP contribution in [-0.4, -0.2) is 59.9 Å². The molecule has 0 atom stereocenters. The topological polar surface area (TPSA) is 44.8 Å². The zero-order chi connectivity index (χ0) is 24.0. The van der Waals surface area contributed by atoms with E-state index in [4.69, 9.17) is 17.0 Å². The number of carbonyl (C=O) groups is 1. The molecule has 0 bridgehead atoms. The first-order valence-electron chi connectivity index (χ1n) is 11.9. The van der Waals surface area contributed by atoms with Crippen molar-refractivity contribution in [3.8, 4) is 5.75 Å². The van der Waals surface area contributed by atoms with Crippen molar-refractivity contribution in [3.05, 3.63) is 60.2 Å². The molecule has 0 aromatic heterocycles. The van der Waals surface area contributed by atoms with Crippen LogP contribution in [0.25, 0.3) is 6.08 Å². The van der Waals surface area contributed by atoms with Gasteiger partial charge in [-0.3, -0.25) is 4.79 Å². The van der Waals surface area contributed by atoms with Crippen molar-refractivity contribution < 1.29 is 9.53 Å². The summed E-state index contributed by atoms with van der Waals surface area (Å²) < 4.78 is 5.66. The van der Waals surface area contributed by atoms with Gasteiger partial charge in [-0.1, -0.05) is 18.2 Å². The molecule has 4 rings (SSSR count). The lowest BCUT2D eigenvalue weighted by Crippen LogP contribution is -2.44. The Balaban J connectivity index is 1.28. The zero-order valence-corrected chi connectivity index (χ0v) is 21.6. The highest BCUT2D eigenvalue weighted by atomic mass is 32.2. The highest BCUT2D eigenvalue weighted by molar-refractivity contribution is 7.98. The first kappa shape index (κ1) is 24.6. The number of anilines is 1. The summed E-state index contributed by atoms with van der Waals surface area (Å²) in [5.74, 6) is 0.879. The lowest BCUT2D eigenvalue weighted by Gasteiger charge is -2.39. The van der Waals surface area contributed by atoms with Crippen LogP contribution in [0.4, 0.5) is 5.69 Å². The Kier molecular flexibility index (Phi) is 8.16. The van der Waals surface area contributed by atoms with E-state index in [9.17, 15) is 4.79 Å². The van der Waals surface area contributed by atoms with E-state index in [0.29, 0.717) is 6.61 Å². The molecule has 2 heterocycles. The van der Waals surface area contributed by atoms with Gasteiger partial charge in [-0.25, -0.2) is 0 Å². The second kappa shape index (κ2) is 11.3. The van der Waals surface area contributed by atoms with Gasteiger partial charge in [-0.15, -0.1) is 11.8 Å². The summed E-state index contributed by atoms with van der Waals surface area (Å²) in [7, 11) is 0. The Morgan fingerprint density at radius 3 is 2.44 bits per heavy atom. The molecule has 2 fully saturated rings. The van der Waals surface area contributed by atoms with E-state index in [1.54, 1.807) is 17.8 Å². The summed E-state index contributed by atoms with van der Waals surface area (Å²) in [5.41, 5.74) is 2.21. The van der Waals surface area contributed by atoms with Crippen LogP contribution < -0.4 is 10.1 Å². The number of thioether (sulfide) groups is 1. The van der Waals surface area contributed by atoms with Gasteiger partial charge in [0.15, 0.2) is 5.11 Å². The monoisotopic (exact) mass is 495 g/mol. The van der Waals surface area contributed by atoms with Crippen LogP contribution in [0.1, 0.15) is 31.7 Å². The predicted octanol–water partition coefficient (Wildman–Crippen LogP) is 5.53. The van der Waals surface area contributed by atoms with Crippen molar-refractivity contribution in [2.45, 2.75) is 31.1 Å². The van der Waals surface area contributed by atoms with Gasteiger partial charge in [0.05, 0.1) is 6.61 Å². The number of carbonyl (C=O) groups excluding carboxylic acids is 1. The van der Waals surface area contributed by atoms with Gasteiger partial charge >= 0.3 is 0 Å². The molecule has 34 heavy (non-hydrogen) atoms. The quantitative estimate of drug-likeness (QED) is 0.323. The number of nitrogens with one attached hydrogen (secondary N) is 1. The largest absolute Gasteiger partial charge is 0.493 e. The van der Waals surface area contributed by atoms with Crippen LogP contribution in [0.5, 0.6) is 5.75 Å². The number of piperidine rings is 1. The molecule has 1 N–H and O–H groups in total. The van der Waals surface area contributed by atoms with Gasteiger partial charge in [0, 0.05) is 48.4 Å². The van der Waals surface area contributed by atoms with Gasteiger partial charge in [0.2, 0.25) is 5.91 Å². The van der Waals surface area contributed by atoms with Gasteiger partial charge in [0.25, 0.3) is 0 Å². The molecule has 0 unspecified atom stereocenters. The minimum absolute atomic E-state index is 0.0712. The SMILES string of the molecule is CCOc1ccccc1C=CC(=O)N1CCC2(CC1)CCN(C(=S)Nc1ccc(SC)cc1)C2. The molecule has 0 saturated carbocycles. The standard InChI is InChI=1S/C27H33N3O2S2/c1-3-32-24-7-5-4-6-21(24)8-13-25(31)29-17-14-27(15-18-29)16-19-30(20-27)26(33)28-22-9-11-23(34-2)12-10-22/h4-13H,3,14-20H2,1-2H3,(H,28,33). The predicted molar refractivity (Wildman–Crippen MR) is 146 cm³/mol. The average molecular weight is 496 g/mol. The third-order valence-corrected chi connectivity index (χ3v) is 7.93. The number of thiocarbonyl (C=S) groups is 1. The number of ether oxygens (including phenoxy) is 1. The fourth-order valence-corrected chi connectivity index (χ4v) is 5.45. The lowest BCUT2D eigenvalue weighted by molar-refractivity contribution is -0.128. The van der Waals surface area contributed by atoms with Crippen LogP contribution >= 0.6 is 24.0 Å². The second-order valence-corrected chi connectivity index (χ2v) is 10.2. The van der Waals surface area contributed by atoms with Crippen molar-refractivity contribution in [2.75, 3.05) is 44.4 Å². The minimum atomic E-state index is 0.0712. The van der Waals surface area contributed by atoms with E-state index >= 15 is 0 Å². The summed E-state index contributed by atoms with van der Waals surface area (Å²) in [5, 5.41) is 4.19. The maximum atomic E-state index is 12.8. The molecule has 7 heteroatoms. The normalized spacial score (nSPS) is 17.4. The fraction of sp³-hybridized carbons (Fsp3) is 0.407. The molecule has 2 aromatic rings. The average Bonchev–Trinajstić information content (AvgIpc) is 3.28. The van der Waals surface area contributed by atoms with Crippen molar-refractivity contribution in [1.82, 2.24) is 9.80 Å². The summed E-state index contributed by atoms with van der Waals surface area (Å²) in [4.78, 5) is 18.3. The van der Waals surface area contributed by atoms with E-state index in [1.165, 1.54) is 4.90 Å². The molecule has 2 aromatic carbocycles. The minimum Gasteiger partial charge on any atom is -0.493 e. The Morgan fingerprint density at radius 1 is 1.09 bits per heavy atom. The third-order valence-electron chi connectivity index (χ3n) is 6.83. The molecule has 5 nitrogen and oxygen atoms in total. The fourth-order valence-electron chi connectivity index (χ4n) is 4.77. The van der Waals surface area contributed by atoms with Gasteiger partial charge < -0.3 is 19.9 Å². The first-order chi connectivity index (χ1) is 16.5. The summed E-state index contributed by atoms with van der Waals surface area (Å²) in [6, 6.07) is 16.2. The van der Waals surface area contributed by atoms with Crippen LogP contribution in [0, 0.1) is 5.41 Å². The van der Waals surface area contributed by atoms with Crippen molar-refractivity contribution >= 4 is 46.8 Å². The second-order valence-electron chi connectivity index (χ2n) is 8.96. The maximum absolute atomic E-state index is 12.8. The number of rotatable bonds is 6. The zero-order valence-electron chi connectivity index (χ0n) is 20.0. The van der Waals surface area contributed by atoms with Crippen LogP contribution in [0.2, 0.25) is 0 Å². The molecule has 2 aliphatic heterocycles. The van der Waals surface area contributed by atoms with Gasteiger partial charge in [-0.2, -0.15) is 0 Å². The maximum Gasteiger partial charge on any atom is 0.246 e. The van der Waals surface area contributed by atoms with Crippen LogP contribution in [0.15, 0.2) is 59.5 Å². The van der Waals surface area contributed by atoms with Crippen molar-refractivity contribution in [1.29, 1.82) is 0 Å². The molecule has 0 aliphatic carbocycles. The Morgan fingerprint density at radius 2 is 1.76 bits per heavy atom. The van der Waals surface area contributed by atoms with E-state index in [0.717, 1.165) is 67.6 Å². The number of likely N-dealkylation sites (tertiary alicyclic amines) is 2. The molecule has 2 aliphatic rings. The van der Waals surface area contributed by atoms with Crippen LogP contribution in [-0.2, 0) is 4.79 Å². The first-order valence-corrected chi connectivity index (χ1v) is 13.5. The molecular formula is C27H33N3O2S2. The molecule has 1 amide bonds. The number of hydrogen-bond acceptors (Lipinski definition) is 4. The highest BCUT2D eigenvalue weighted by Gasteiger charge is 2.41. The smallest absolute Gasteiger partial charge is 0.246 e. The molecular weight excluding hydrogens is 462 g/mol. The summed E-state index contributed by atoms with van der Waals surface area (Å²) >= 11 is 7.44. The summed E-state index contributed by atoms with van der Waals surface area (Å²) in [6.45, 7) is 6.08. The summed E-state index contributed by atoms with van der Waals surface area (Å²) in [6.07, 6.45) is 8.78. The van der Waals surface area contributed by atoms with E-state index in [2.05, 4.69) is 40.7 Å². The number of hydrogen-bond donors (Lipinski definition) is 1. The van der Waals surface area contributed by atoms with E-state index in [-0.39, 0.29) is 11.3 Å². The number of benzene rings is 2. The highest BCUT2D eigenvalue weighted by Crippen LogP contribution is 2.40. The van der Waals surface area contributed by atoms with Crippen molar-refractivity contribution in [3.63, 3.8) is 0 Å². The number of nitrogens with zero attached hydrogens (tertiary/aromatic N) is 2. The number of para-hydroxylation sites is 1. The molecule has 0 radical (unpaired) electrons. The number of amides is 1. The Labute approximate surface area is 212 Å². The molecule has 2 saturated heterocycles. The van der Waals surface area contributed by atoms with E-state index < -0.39 is 0 Å². The van der Waals surface area contributed by atoms with E-state index in [1.807, 2.05) is 42.2 Å². The van der Waals surface area contributed by atoms with Gasteiger partial charge in [0.1, 0.15) is 5.75 Å². The lowest BCUT2D eigenvalue weighted by atomic mass is 9.78. The van der Waals surface area contributed by atoms with Gasteiger partial charge in [-0.05, 0) is 86.5 Å².